The Morgan fingerprint density at radius 2 is 1.83 bits per heavy atom. The molecule has 0 spiro atoms. The Hall–Kier alpha value is -1.53. The summed E-state index contributed by atoms with van der Waals surface area (Å²) in [6.07, 6.45) is 8.88. The van der Waals surface area contributed by atoms with Crippen LogP contribution in [-0.2, 0) is 0 Å². The predicted octanol–water partition coefficient (Wildman–Crippen LogP) is 3.37. The van der Waals surface area contributed by atoms with E-state index in [-0.39, 0.29) is 0 Å². The van der Waals surface area contributed by atoms with Crippen molar-refractivity contribution in [1.29, 1.82) is 0 Å². The highest BCUT2D eigenvalue weighted by Crippen LogP contribution is 2.36. The second-order valence-electron chi connectivity index (χ2n) is 6.55. The first-order chi connectivity index (χ1) is 11.8. The van der Waals surface area contributed by atoms with Crippen molar-refractivity contribution < 1.29 is 0 Å². The molecule has 0 radical (unpaired) electrons. The van der Waals surface area contributed by atoms with Gasteiger partial charge in [-0.2, -0.15) is 0 Å². The zero-order valence-corrected chi connectivity index (χ0v) is 15.3. The topological polar surface area (TPSA) is 53.9 Å². The maximum atomic E-state index is 4.82. The standard InChI is InChI=1S/C18H22BrN5/c19-15-12-22-18(23-17(15)13-3-1-2-4-13)16-6-5-14(11-21-16)24-9-7-20-8-10-24/h5-6,11-13,20H,1-4,7-10H2. The van der Waals surface area contributed by atoms with Gasteiger partial charge in [0.15, 0.2) is 5.82 Å². The van der Waals surface area contributed by atoms with Crippen LogP contribution in [0.2, 0.25) is 0 Å². The van der Waals surface area contributed by atoms with Crippen molar-refractivity contribution in [1.82, 2.24) is 20.3 Å². The highest BCUT2D eigenvalue weighted by atomic mass is 79.9. The van der Waals surface area contributed by atoms with E-state index in [9.17, 15) is 0 Å². The van der Waals surface area contributed by atoms with Crippen molar-refractivity contribution in [3.8, 4) is 11.5 Å². The van der Waals surface area contributed by atoms with Crippen molar-refractivity contribution in [2.24, 2.45) is 0 Å². The third-order valence-corrected chi connectivity index (χ3v) is 5.58. The fraction of sp³-hybridized carbons (Fsp3) is 0.500. The lowest BCUT2D eigenvalue weighted by Crippen LogP contribution is -2.43. The molecule has 0 amide bonds. The maximum Gasteiger partial charge on any atom is 0.178 e. The number of nitrogens with zero attached hydrogens (tertiary/aromatic N) is 4. The van der Waals surface area contributed by atoms with Crippen LogP contribution in [0.25, 0.3) is 11.5 Å². The Kier molecular flexibility index (Phi) is 4.76. The molecule has 1 N–H and O–H groups in total. The van der Waals surface area contributed by atoms with E-state index in [0.29, 0.717) is 5.92 Å². The van der Waals surface area contributed by atoms with Crippen LogP contribution in [0, 0.1) is 0 Å². The Morgan fingerprint density at radius 3 is 2.54 bits per heavy atom. The molecular weight excluding hydrogens is 366 g/mol. The van der Waals surface area contributed by atoms with E-state index in [4.69, 9.17) is 4.98 Å². The van der Waals surface area contributed by atoms with E-state index >= 15 is 0 Å². The van der Waals surface area contributed by atoms with Crippen LogP contribution in [0.5, 0.6) is 0 Å². The third-order valence-electron chi connectivity index (χ3n) is 4.97. The summed E-state index contributed by atoms with van der Waals surface area (Å²) in [5.41, 5.74) is 3.17. The molecule has 4 rings (SSSR count). The fourth-order valence-corrected chi connectivity index (χ4v) is 4.13. The molecule has 1 aliphatic carbocycles. The largest absolute Gasteiger partial charge is 0.368 e. The van der Waals surface area contributed by atoms with E-state index in [1.165, 1.54) is 31.4 Å². The molecular formula is C18H22BrN5. The number of aromatic nitrogens is 3. The van der Waals surface area contributed by atoms with E-state index in [2.05, 4.69) is 42.2 Å². The molecule has 2 fully saturated rings. The molecule has 1 saturated heterocycles. The molecule has 5 nitrogen and oxygen atoms in total. The number of pyridine rings is 1. The summed E-state index contributed by atoms with van der Waals surface area (Å²) < 4.78 is 1.02. The van der Waals surface area contributed by atoms with Crippen molar-refractivity contribution >= 4 is 21.6 Å². The number of anilines is 1. The molecule has 2 aromatic heterocycles. The fourth-order valence-electron chi connectivity index (χ4n) is 3.62. The Labute approximate surface area is 151 Å². The number of hydrogen-bond acceptors (Lipinski definition) is 5. The van der Waals surface area contributed by atoms with Gasteiger partial charge < -0.3 is 10.2 Å². The molecule has 2 aromatic rings. The molecule has 6 heteroatoms. The lowest BCUT2D eigenvalue weighted by atomic mass is 10.0. The maximum absolute atomic E-state index is 4.82. The minimum Gasteiger partial charge on any atom is -0.368 e. The van der Waals surface area contributed by atoms with Gasteiger partial charge in [-0.15, -0.1) is 0 Å². The van der Waals surface area contributed by atoms with Gasteiger partial charge in [-0.1, -0.05) is 12.8 Å². The molecule has 126 valence electrons. The molecule has 3 heterocycles. The minimum absolute atomic E-state index is 0.557. The first kappa shape index (κ1) is 16.0. The van der Waals surface area contributed by atoms with Gasteiger partial charge in [0.2, 0.25) is 0 Å². The molecule has 0 unspecified atom stereocenters. The summed E-state index contributed by atoms with van der Waals surface area (Å²) >= 11 is 3.62. The van der Waals surface area contributed by atoms with E-state index in [1.807, 2.05) is 18.5 Å². The average Bonchev–Trinajstić information content (AvgIpc) is 3.18. The Morgan fingerprint density at radius 1 is 1.04 bits per heavy atom. The molecule has 0 bridgehead atoms. The summed E-state index contributed by atoms with van der Waals surface area (Å²) in [7, 11) is 0. The predicted molar refractivity (Wildman–Crippen MR) is 99.3 cm³/mol. The number of piperazine rings is 1. The summed E-state index contributed by atoms with van der Waals surface area (Å²) in [6, 6.07) is 4.17. The second kappa shape index (κ2) is 7.15. The molecule has 1 saturated carbocycles. The first-order valence-electron chi connectivity index (χ1n) is 8.76. The van der Waals surface area contributed by atoms with Gasteiger partial charge in [0.05, 0.1) is 22.1 Å². The van der Waals surface area contributed by atoms with Crippen LogP contribution in [0.1, 0.15) is 37.3 Å². The highest BCUT2D eigenvalue weighted by Gasteiger charge is 2.22. The number of rotatable bonds is 3. The minimum atomic E-state index is 0.557. The van der Waals surface area contributed by atoms with Crippen molar-refractivity contribution in [2.75, 3.05) is 31.1 Å². The number of halogens is 1. The summed E-state index contributed by atoms with van der Waals surface area (Å²) in [5.74, 6) is 1.29. The first-order valence-corrected chi connectivity index (χ1v) is 9.55. The lowest BCUT2D eigenvalue weighted by molar-refractivity contribution is 0.589. The highest BCUT2D eigenvalue weighted by molar-refractivity contribution is 9.10. The lowest BCUT2D eigenvalue weighted by Gasteiger charge is -2.29. The van der Waals surface area contributed by atoms with Gasteiger partial charge >= 0.3 is 0 Å². The van der Waals surface area contributed by atoms with Crippen molar-refractivity contribution in [3.63, 3.8) is 0 Å². The van der Waals surface area contributed by atoms with Crippen LogP contribution < -0.4 is 10.2 Å². The van der Waals surface area contributed by atoms with Gasteiger partial charge in [-0.3, -0.25) is 4.98 Å². The summed E-state index contributed by atoms with van der Waals surface area (Å²) in [6.45, 7) is 4.12. The monoisotopic (exact) mass is 387 g/mol. The Balaban J connectivity index is 1.58. The number of nitrogens with one attached hydrogen (secondary N) is 1. The van der Waals surface area contributed by atoms with E-state index in [1.54, 1.807) is 0 Å². The average molecular weight is 388 g/mol. The van der Waals surface area contributed by atoms with Gasteiger partial charge in [0, 0.05) is 38.3 Å². The van der Waals surface area contributed by atoms with Crippen LogP contribution in [-0.4, -0.2) is 41.1 Å². The summed E-state index contributed by atoms with van der Waals surface area (Å²) in [5, 5.41) is 3.37. The van der Waals surface area contributed by atoms with Crippen LogP contribution in [0.4, 0.5) is 5.69 Å². The molecule has 2 aliphatic rings. The van der Waals surface area contributed by atoms with Gasteiger partial charge in [-0.05, 0) is 40.9 Å². The van der Waals surface area contributed by atoms with Crippen LogP contribution in [0.3, 0.4) is 0 Å². The molecule has 24 heavy (non-hydrogen) atoms. The van der Waals surface area contributed by atoms with Crippen LogP contribution >= 0.6 is 15.9 Å². The van der Waals surface area contributed by atoms with E-state index < -0.39 is 0 Å². The SMILES string of the molecule is Brc1cnc(-c2ccc(N3CCNCC3)cn2)nc1C1CCCC1. The van der Waals surface area contributed by atoms with Gasteiger partial charge in [0.25, 0.3) is 0 Å². The molecule has 1 aliphatic heterocycles. The zero-order chi connectivity index (χ0) is 16.4. The second-order valence-corrected chi connectivity index (χ2v) is 7.40. The van der Waals surface area contributed by atoms with Crippen LogP contribution in [0.15, 0.2) is 29.0 Å². The van der Waals surface area contributed by atoms with Gasteiger partial charge in [0.1, 0.15) is 5.69 Å². The van der Waals surface area contributed by atoms with Crippen molar-refractivity contribution in [2.45, 2.75) is 31.6 Å². The van der Waals surface area contributed by atoms with Gasteiger partial charge in [-0.25, -0.2) is 9.97 Å². The third kappa shape index (κ3) is 3.30. The Bertz CT molecular complexity index is 691. The zero-order valence-electron chi connectivity index (χ0n) is 13.7. The number of hydrogen-bond donors (Lipinski definition) is 1. The smallest absolute Gasteiger partial charge is 0.178 e. The normalized spacial score (nSPS) is 19.0. The molecule has 0 aromatic carbocycles. The van der Waals surface area contributed by atoms with E-state index in [0.717, 1.165) is 47.9 Å². The molecule has 0 atom stereocenters. The summed E-state index contributed by atoms with van der Waals surface area (Å²) in [4.78, 5) is 16.3. The quantitative estimate of drug-likeness (QED) is 0.874. The van der Waals surface area contributed by atoms with Crippen molar-refractivity contribution in [3.05, 3.63) is 34.7 Å².